The number of nitrogens with one attached hydrogen (secondary N) is 1. The predicted octanol–water partition coefficient (Wildman–Crippen LogP) is 2.18. The fraction of sp³-hybridized carbons (Fsp3) is 0.278. The summed E-state index contributed by atoms with van der Waals surface area (Å²) < 4.78 is 26.5. The molecule has 2 aromatic heterocycles. The molecule has 2 heterocycles. The molecule has 0 aliphatic heterocycles. The van der Waals surface area contributed by atoms with E-state index < -0.39 is 10.0 Å². The first-order chi connectivity index (χ1) is 12.9. The first-order valence-electron chi connectivity index (χ1n) is 8.51. The molecule has 0 bridgehead atoms. The Balaban J connectivity index is 1.84. The van der Waals surface area contributed by atoms with Gasteiger partial charge < -0.3 is 5.32 Å². The van der Waals surface area contributed by atoms with Crippen molar-refractivity contribution in [3.8, 4) is 11.3 Å². The minimum Gasteiger partial charge on any atom is -0.367 e. The van der Waals surface area contributed by atoms with Crippen LogP contribution in [0.4, 0.5) is 11.5 Å². The topological polar surface area (TPSA) is 96.7 Å². The third-order valence-electron chi connectivity index (χ3n) is 4.56. The summed E-state index contributed by atoms with van der Waals surface area (Å²) in [5.74, 6) is 0.757. The number of sulfonamides is 1. The molecule has 0 atom stereocenters. The number of anilines is 2. The summed E-state index contributed by atoms with van der Waals surface area (Å²) in [5, 5.41) is 7.66. The Morgan fingerprint density at radius 2 is 2.07 bits per heavy atom. The van der Waals surface area contributed by atoms with Crippen molar-refractivity contribution in [3.63, 3.8) is 0 Å². The first-order valence-corrected chi connectivity index (χ1v) is 10.4. The summed E-state index contributed by atoms with van der Waals surface area (Å²) in [7, 11) is -1.86. The zero-order valence-electron chi connectivity index (χ0n) is 15.0. The van der Waals surface area contributed by atoms with Gasteiger partial charge in [0.25, 0.3) is 0 Å². The normalized spacial score (nSPS) is 14.3. The number of carbonyl (C=O) groups excluding carboxylic acids is 1. The lowest BCUT2D eigenvalue weighted by molar-refractivity contribution is 0.112. The monoisotopic (exact) mass is 385 g/mol. The van der Waals surface area contributed by atoms with Gasteiger partial charge in [-0.3, -0.25) is 9.10 Å². The molecule has 0 spiro atoms. The molecule has 1 aromatic carbocycles. The van der Waals surface area contributed by atoms with Crippen LogP contribution in [0.2, 0.25) is 0 Å². The van der Waals surface area contributed by atoms with Crippen LogP contribution in [0, 0.1) is 0 Å². The highest BCUT2D eigenvalue weighted by molar-refractivity contribution is 7.92. The minimum atomic E-state index is -3.37. The van der Waals surface area contributed by atoms with Gasteiger partial charge in [-0.15, -0.1) is 0 Å². The fourth-order valence-corrected chi connectivity index (χ4v) is 3.30. The second-order valence-electron chi connectivity index (χ2n) is 6.68. The number of aldehydes is 1. The van der Waals surface area contributed by atoms with E-state index in [1.807, 2.05) is 12.1 Å². The summed E-state index contributed by atoms with van der Waals surface area (Å²) in [6.07, 6.45) is 5.56. The van der Waals surface area contributed by atoms with Gasteiger partial charge in [0, 0.05) is 24.7 Å². The molecule has 8 nitrogen and oxygen atoms in total. The summed E-state index contributed by atoms with van der Waals surface area (Å²) >= 11 is 0. The van der Waals surface area contributed by atoms with Crippen molar-refractivity contribution in [3.05, 3.63) is 42.1 Å². The van der Waals surface area contributed by atoms with Gasteiger partial charge in [0.05, 0.1) is 29.4 Å². The Morgan fingerprint density at radius 1 is 1.30 bits per heavy atom. The highest BCUT2D eigenvalue weighted by Crippen LogP contribution is 2.30. The molecule has 4 rings (SSSR count). The zero-order chi connectivity index (χ0) is 19.2. The molecule has 9 heteroatoms. The van der Waals surface area contributed by atoms with E-state index in [1.165, 1.54) is 17.5 Å². The van der Waals surface area contributed by atoms with Crippen LogP contribution in [0.25, 0.3) is 16.9 Å². The largest absolute Gasteiger partial charge is 0.367 e. The van der Waals surface area contributed by atoms with Crippen LogP contribution in [0.1, 0.15) is 23.2 Å². The van der Waals surface area contributed by atoms with Crippen molar-refractivity contribution in [2.45, 2.75) is 18.9 Å². The molecule has 0 unspecified atom stereocenters. The average Bonchev–Trinajstić information content (AvgIpc) is 3.36. The van der Waals surface area contributed by atoms with Crippen LogP contribution in [-0.4, -0.2) is 48.6 Å². The number of nitrogens with zero attached hydrogens (tertiary/aromatic N) is 4. The molecule has 1 aliphatic carbocycles. The van der Waals surface area contributed by atoms with Crippen LogP contribution in [0.3, 0.4) is 0 Å². The summed E-state index contributed by atoms with van der Waals surface area (Å²) in [5.41, 5.74) is 2.80. The number of rotatable bonds is 6. The van der Waals surface area contributed by atoms with Gasteiger partial charge in [0.2, 0.25) is 10.0 Å². The van der Waals surface area contributed by atoms with E-state index >= 15 is 0 Å². The van der Waals surface area contributed by atoms with E-state index in [0.29, 0.717) is 28.6 Å². The molecule has 3 aromatic rings. The highest BCUT2D eigenvalue weighted by atomic mass is 32.2. The number of benzene rings is 1. The number of hydrogen-bond acceptors (Lipinski definition) is 6. The Labute approximate surface area is 156 Å². The number of aromatic nitrogens is 3. The van der Waals surface area contributed by atoms with Gasteiger partial charge >= 0.3 is 0 Å². The zero-order valence-corrected chi connectivity index (χ0v) is 15.8. The number of carbonyl (C=O) groups is 1. The van der Waals surface area contributed by atoms with Crippen molar-refractivity contribution in [1.29, 1.82) is 0 Å². The standard InChI is InChI=1S/C18H19N5O3S/c1-22(27(2,25)26)15-5-3-4-12(8-15)16-9-17(20-14-6-7-14)23-18(21-16)13(11-24)10-19-23/h3-5,8-11,14,20H,6-7H2,1-2H3. The molecular weight excluding hydrogens is 366 g/mol. The third-order valence-corrected chi connectivity index (χ3v) is 5.76. The number of fused-ring (bicyclic) bond motifs is 1. The highest BCUT2D eigenvalue weighted by Gasteiger charge is 2.23. The van der Waals surface area contributed by atoms with Gasteiger partial charge in [-0.05, 0) is 25.0 Å². The maximum Gasteiger partial charge on any atom is 0.231 e. The molecule has 1 N–H and O–H groups in total. The Hall–Kier alpha value is -2.94. The molecular formula is C18H19N5O3S. The van der Waals surface area contributed by atoms with Gasteiger partial charge in [-0.25, -0.2) is 13.4 Å². The quantitative estimate of drug-likeness (QED) is 0.653. The van der Waals surface area contributed by atoms with E-state index in [1.54, 1.807) is 22.7 Å². The van der Waals surface area contributed by atoms with Crippen LogP contribution >= 0.6 is 0 Å². The van der Waals surface area contributed by atoms with E-state index in [-0.39, 0.29) is 0 Å². The maximum atomic E-state index is 11.8. The average molecular weight is 385 g/mol. The molecule has 140 valence electrons. The fourth-order valence-electron chi connectivity index (χ4n) is 2.80. The van der Waals surface area contributed by atoms with Crippen LogP contribution in [0.5, 0.6) is 0 Å². The van der Waals surface area contributed by atoms with Crippen molar-refractivity contribution >= 4 is 33.5 Å². The number of hydrogen-bond donors (Lipinski definition) is 1. The van der Waals surface area contributed by atoms with Gasteiger partial charge in [0.15, 0.2) is 11.9 Å². The Bertz CT molecular complexity index is 1140. The van der Waals surface area contributed by atoms with Crippen molar-refractivity contribution in [2.24, 2.45) is 0 Å². The van der Waals surface area contributed by atoms with E-state index in [2.05, 4.69) is 15.4 Å². The first kappa shape index (κ1) is 17.5. The molecule has 0 amide bonds. The van der Waals surface area contributed by atoms with Crippen LogP contribution in [0.15, 0.2) is 36.5 Å². The van der Waals surface area contributed by atoms with E-state index in [4.69, 9.17) is 0 Å². The minimum absolute atomic E-state index is 0.398. The summed E-state index contributed by atoms with van der Waals surface area (Å²) in [6, 6.07) is 9.39. The second-order valence-corrected chi connectivity index (χ2v) is 8.69. The van der Waals surface area contributed by atoms with Gasteiger partial charge in [0.1, 0.15) is 5.82 Å². The van der Waals surface area contributed by atoms with Gasteiger partial charge in [-0.1, -0.05) is 12.1 Å². The van der Waals surface area contributed by atoms with E-state index in [9.17, 15) is 13.2 Å². The Kier molecular flexibility index (Phi) is 4.11. The SMILES string of the molecule is CN(c1cccc(-c2cc(NC3CC3)n3ncc(C=O)c3n2)c1)S(C)(=O)=O. The lowest BCUT2D eigenvalue weighted by Gasteiger charge is -2.17. The van der Waals surface area contributed by atoms with Crippen molar-refractivity contribution in [2.75, 3.05) is 22.9 Å². The molecule has 1 aliphatic rings. The molecule has 27 heavy (non-hydrogen) atoms. The van der Waals surface area contributed by atoms with Crippen LogP contribution in [-0.2, 0) is 10.0 Å². The van der Waals surface area contributed by atoms with Crippen LogP contribution < -0.4 is 9.62 Å². The lowest BCUT2D eigenvalue weighted by Crippen LogP contribution is -2.24. The molecule has 0 radical (unpaired) electrons. The summed E-state index contributed by atoms with van der Waals surface area (Å²) in [4.78, 5) is 15.9. The second kappa shape index (κ2) is 6.34. The molecule has 0 saturated heterocycles. The van der Waals surface area contributed by atoms with E-state index in [0.717, 1.165) is 36.8 Å². The summed E-state index contributed by atoms with van der Waals surface area (Å²) in [6.45, 7) is 0. The Morgan fingerprint density at radius 3 is 2.74 bits per heavy atom. The molecule has 1 fully saturated rings. The smallest absolute Gasteiger partial charge is 0.231 e. The third kappa shape index (κ3) is 3.37. The van der Waals surface area contributed by atoms with Gasteiger partial charge in [-0.2, -0.15) is 9.61 Å². The van der Waals surface area contributed by atoms with Crippen molar-refractivity contribution < 1.29 is 13.2 Å². The lowest BCUT2D eigenvalue weighted by atomic mass is 10.1. The predicted molar refractivity (Wildman–Crippen MR) is 104 cm³/mol. The van der Waals surface area contributed by atoms with Crippen molar-refractivity contribution in [1.82, 2.24) is 14.6 Å². The maximum absolute atomic E-state index is 11.8. The molecule has 1 saturated carbocycles.